The first kappa shape index (κ1) is 18.4. The number of benzene rings is 2. The van der Waals surface area contributed by atoms with Gasteiger partial charge in [0.2, 0.25) is 0 Å². The number of nitrogens with zero attached hydrogens (tertiary/aromatic N) is 2. The number of allylic oxidation sites excluding steroid dienone is 4. The first-order valence-electron chi connectivity index (χ1n) is 10.4. The second kappa shape index (κ2) is 7.34. The van der Waals surface area contributed by atoms with Crippen molar-refractivity contribution in [3.05, 3.63) is 107 Å². The van der Waals surface area contributed by atoms with Gasteiger partial charge in [-0.1, -0.05) is 66.2 Å². The summed E-state index contributed by atoms with van der Waals surface area (Å²) in [5.41, 5.74) is 10.8. The van der Waals surface area contributed by atoms with E-state index in [1.54, 1.807) is 0 Å². The fourth-order valence-corrected chi connectivity index (χ4v) is 4.22. The summed E-state index contributed by atoms with van der Waals surface area (Å²) in [5.74, 6) is 1.02. The summed E-state index contributed by atoms with van der Waals surface area (Å²) in [7, 11) is 0. The maximum absolute atomic E-state index is 5.03. The molecule has 0 radical (unpaired) electrons. The molecule has 2 aromatic heterocycles. The Morgan fingerprint density at radius 3 is 2.33 bits per heavy atom. The van der Waals surface area contributed by atoms with Crippen LogP contribution in [0, 0.1) is 6.92 Å². The van der Waals surface area contributed by atoms with Gasteiger partial charge in [0.25, 0.3) is 0 Å². The van der Waals surface area contributed by atoms with E-state index >= 15 is 0 Å². The lowest BCUT2D eigenvalue weighted by atomic mass is 9.86. The van der Waals surface area contributed by atoms with E-state index in [2.05, 4.69) is 103 Å². The van der Waals surface area contributed by atoms with Gasteiger partial charge in [0.15, 0.2) is 0 Å². The molecule has 0 bridgehead atoms. The zero-order chi connectivity index (χ0) is 20.7. The number of pyridine rings is 1. The first-order valence-corrected chi connectivity index (χ1v) is 10.4. The minimum absolute atomic E-state index is 0.751. The molecule has 0 amide bonds. The lowest BCUT2D eigenvalue weighted by Gasteiger charge is -2.20. The number of hydrogen-bond donors (Lipinski definition) is 1. The van der Waals surface area contributed by atoms with Gasteiger partial charge in [0.1, 0.15) is 17.2 Å². The van der Waals surface area contributed by atoms with Gasteiger partial charge in [-0.3, -0.25) is 4.40 Å². The highest BCUT2D eigenvalue weighted by molar-refractivity contribution is 5.90. The van der Waals surface area contributed by atoms with Crippen molar-refractivity contribution in [2.24, 2.45) is 0 Å². The number of fused-ring (bicyclic) bond motifs is 1. The van der Waals surface area contributed by atoms with E-state index in [4.69, 9.17) is 4.98 Å². The maximum atomic E-state index is 5.03. The van der Waals surface area contributed by atoms with Gasteiger partial charge in [-0.15, -0.1) is 0 Å². The Hall–Kier alpha value is -3.59. The second-order valence-electron chi connectivity index (χ2n) is 8.04. The van der Waals surface area contributed by atoms with Crippen LogP contribution in [-0.4, -0.2) is 9.38 Å². The van der Waals surface area contributed by atoms with Crippen LogP contribution in [0.2, 0.25) is 0 Å². The van der Waals surface area contributed by atoms with Crippen molar-refractivity contribution < 1.29 is 0 Å². The number of imidazole rings is 1. The number of aromatic nitrogens is 2. The van der Waals surface area contributed by atoms with Crippen LogP contribution in [0.15, 0.2) is 90.1 Å². The number of anilines is 1. The van der Waals surface area contributed by atoms with Gasteiger partial charge in [0, 0.05) is 18.3 Å². The topological polar surface area (TPSA) is 29.3 Å². The molecule has 2 aromatic carbocycles. The molecule has 0 spiro atoms. The highest BCUT2D eigenvalue weighted by Gasteiger charge is 2.18. The molecule has 0 saturated heterocycles. The average molecular weight is 392 g/mol. The van der Waals surface area contributed by atoms with Crippen LogP contribution < -0.4 is 5.32 Å². The summed E-state index contributed by atoms with van der Waals surface area (Å²) in [6.45, 7) is 7.20. The van der Waals surface area contributed by atoms with E-state index in [1.807, 2.05) is 6.07 Å². The van der Waals surface area contributed by atoms with Crippen molar-refractivity contribution in [2.75, 3.05) is 5.32 Å². The Labute approximate surface area is 177 Å². The van der Waals surface area contributed by atoms with Crippen LogP contribution in [0.1, 0.15) is 30.5 Å². The van der Waals surface area contributed by atoms with Crippen LogP contribution in [0.3, 0.4) is 0 Å². The number of hydrogen-bond acceptors (Lipinski definition) is 2. The van der Waals surface area contributed by atoms with Gasteiger partial charge in [-0.2, -0.15) is 0 Å². The maximum Gasteiger partial charge on any atom is 0.139 e. The molecule has 30 heavy (non-hydrogen) atoms. The quantitative estimate of drug-likeness (QED) is 0.412. The van der Waals surface area contributed by atoms with Crippen LogP contribution in [0.5, 0.6) is 0 Å². The smallest absolute Gasteiger partial charge is 0.139 e. The van der Waals surface area contributed by atoms with E-state index in [1.165, 1.54) is 33.4 Å². The molecule has 0 atom stereocenters. The highest BCUT2D eigenvalue weighted by Crippen LogP contribution is 2.37. The molecular formula is C27H25N3. The molecule has 1 aliphatic carbocycles. The van der Waals surface area contributed by atoms with E-state index in [0.29, 0.717) is 0 Å². The SMILES string of the molecule is CC1=CC(C)=C1c1ccn2c(NCc3ccccc3)c(-c3ccc(C)cc3)nc2c1. The Bertz CT molecular complexity index is 1290. The van der Waals surface area contributed by atoms with Crippen molar-refractivity contribution in [3.63, 3.8) is 0 Å². The normalized spacial score (nSPS) is 13.4. The summed E-state index contributed by atoms with van der Waals surface area (Å²) >= 11 is 0. The molecule has 2 heterocycles. The molecular weight excluding hydrogens is 366 g/mol. The summed E-state index contributed by atoms with van der Waals surface area (Å²) in [5, 5.41) is 3.64. The minimum Gasteiger partial charge on any atom is -0.365 e. The fourth-order valence-electron chi connectivity index (χ4n) is 4.22. The number of rotatable bonds is 5. The van der Waals surface area contributed by atoms with Gasteiger partial charge < -0.3 is 5.32 Å². The van der Waals surface area contributed by atoms with Crippen molar-refractivity contribution in [3.8, 4) is 11.3 Å². The second-order valence-corrected chi connectivity index (χ2v) is 8.04. The van der Waals surface area contributed by atoms with Crippen molar-refractivity contribution in [1.29, 1.82) is 0 Å². The molecule has 0 aliphatic heterocycles. The van der Waals surface area contributed by atoms with E-state index in [9.17, 15) is 0 Å². The molecule has 148 valence electrons. The lowest BCUT2D eigenvalue weighted by Crippen LogP contribution is -2.04. The molecule has 0 unspecified atom stereocenters. The molecule has 1 aliphatic rings. The monoisotopic (exact) mass is 391 g/mol. The summed E-state index contributed by atoms with van der Waals surface area (Å²) < 4.78 is 2.16. The first-order chi connectivity index (χ1) is 14.6. The Morgan fingerprint density at radius 2 is 1.63 bits per heavy atom. The standard InChI is InChI=1S/C27H25N3/c1-18-9-11-22(12-10-18)26-27(28-17-21-7-5-4-6-8-21)30-14-13-23(16-24(30)29-26)25-19(2)15-20(25)3/h4-16,28H,17H2,1-3H3. The lowest BCUT2D eigenvalue weighted by molar-refractivity contribution is 1.08. The summed E-state index contributed by atoms with van der Waals surface area (Å²) in [6, 6.07) is 23.4. The Balaban J connectivity index is 1.60. The van der Waals surface area contributed by atoms with Crippen molar-refractivity contribution in [2.45, 2.75) is 27.3 Å². The summed E-state index contributed by atoms with van der Waals surface area (Å²) in [6.07, 6.45) is 4.37. The average Bonchev–Trinajstić information content (AvgIpc) is 3.11. The fraction of sp³-hybridized carbons (Fsp3) is 0.148. The predicted molar refractivity (Wildman–Crippen MR) is 125 cm³/mol. The van der Waals surface area contributed by atoms with Gasteiger partial charge in [-0.05, 0) is 60.8 Å². The predicted octanol–water partition coefficient (Wildman–Crippen LogP) is 6.66. The zero-order valence-corrected chi connectivity index (χ0v) is 17.6. The van der Waals surface area contributed by atoms with Crippen LogP contribution in [0.4, 0.5) is 5.82 Å². The molecule has 0 saturated carbocycles. The minimum atomic E-state index is 0.751. The molecule has 4 aromatic rings. The van der Waals surface area contributed by atoms with Gasteiger partial charge in [0.05, 0.1) is 0 Å². The van der Waals surface area contributed by atoms with E-state index in [0.717, 1.165) is 29.3 Å². The van der Waals surface area contributed by atoms with Crippen molar-refractivity contribution >= 4 is 17.0 Å². The third kappa shape index (κ3) is 3.22. The third-order valence-corrected chi connectivity index (χ3v) is 5.76. The third-order valence-electron chi connectivity index (χ3n) is 5.76. The molecule has 5 rings (SSSR count). The molecule has 0 fully saturated rings. The van der Waals surface area contributed by atoms with Crippen LogP contribution in [0.25, 0.3) is 22.5 Å². The zero-order valence-electron chi connectivity index (χ0n) is 17.6. The van der Waals surface area contributed by atoms with E-state index in [-0.39, 0.29) is 0 Å². The van der Waals surface area contributed by atoms with Crippen LogP contribution >= 0.6 is 0 Å². The van der Waals surface area contributed by atoms with Gasteiger partial charge >= 0.3 is 0 Å². The van der Waals surface area contributed by atoms with E-state index < -0.39 is 0 Å². The molecule has 3 nitrogen and oxygen atoms in total. The van der Waals surface area contributed by atoms with Crippen molar-refractivity contribution in [1.82, 2.24) is 9.38 Å². The Morgan fingerprint density at radius 1 is 0.867 bits per heavy atom. The van der Waals surface area contributed by atoms with Crippen LogP contribution in [-0.2, 0) is 6.54 Å². The number of aryl methyl sites for hydroxylation is 1. The summed E-state index contributed by atoms with van der Waals surface area (Å²) in [4.78, 5) is 5.03. The number of nitrogens with one attached hydrogen (secondary N) is 1. The molecule has 3 heteroatoms. The molecule has 1 N–H and O–H groups in total. The van der Waals surface area contributed by atoms with Gasteiger partial charge in [-0.25, -0.2) is 4.98 Å². The highest BCUT2D eigenvalue weighted by atomic mass is 15.1. The Kier molecular flexibility index (Phi) is 4.51. The largest absolute Gasteiger partial charge is 0.365 e.